The molecule has 0 N–H and O–H groups in total. The van der Waals surface area contributed by atoms with Gasteiger partial charge in [0.15, 0.2) is 0 Å². The normalized spacial score (nSPS) is 14.6. The smallest absolute Gasteiger partial charge is 0.274 e. The Morgan fingerprint density at radius 1 is 0.853 bits per heavy atom. The van der Waals surface area contributed by atoms with Crippen LogP contribution in [0.3, 0.4) is 0 Å². The molecule has 0 amide bonds. The van der Waals surface area contributed by atoms with Gasteiger partial charge in [0.05, 0.1) is 16.5 Å². The number of nitro groups is 1. The number of benzene rings is 3. The largest absolute Gasteiger partial charge is 0.368 e. The average Bonchev–Trinajstić information content (AvgIpc) is 2.87. The first-order chi connectivity index (χ1) is 16.6. The van der Waals surface area contributed by atoms with Crippen LogP contribution >= 0.6 is 0 Å². The van der Waals surface area contributed by atoms with E-state index in [4.69, 9.17) is 0 Å². The van der Waals surface area contributed by atoms with Crippen LogP contribution in [0.4, 0.5) is 11.4 Å². The first-order valence-corrected chi connectivity index (χ1v) is 11.7. The van der Waals surface area contributed by atoms with Crippen LogP contribution in [0.2, 0.25) is 0 Å². The lowest BCUT2D eigenvalue weighted by Crippen LogP contribution is -2.46. The number of aromatic nitrogens is 2. The lowest BCUT2D eigenvalue weighted by Gasteiger charge is -2.36. The van der Waals surface area contributed by atoms with Gasteiger partial charge in [-0.3, -0.25) is 19.8 Å². The van der Waals surface area contributed by atoms with Gasteiger partial charge in [0, 0.05) is 61.3 Å². The highest BCUT2D eigenvalue weighted by atomic mass is 16.6. The molecule has 1 saturated heterocycles. The first-order valence-electron chi connectivity index (χ1n) is 11.7. The molecule has 1 aromatic heterocycles. The number of nitro benzene ring substituents is 1. The molecule has 1 aliphatic heterocycles. The Bertz CT molecular complexity index is 1390. The molecular weight excluding hydrogens is 430 g/mol. The monoisotopic (exact) mass is 457 g/mol. The average molecular weight is 458 g/mol. The summed E-state index contributed by atoms with van der Waals surface area (Å²) in [6, 6.07) is 19.3. The van der Waals surface area contributed by atoms with Crippen LogP contribution in [0.15, 0.2) is 71.7 Å². The van der Waals surface area contributed by atoms with Crippen molar-refractivity contribution in [2.24, 2.45) is 0 Å². The minimum atomic E-state index is -0.482. The molecule has 1 fully saturated rings. The Kier molecular flexibility index (Phi) is 6.22. The zero-order chi connectivity index (χ0) is 23.5. The van der Waals surface area contributed by atoms with E-state index in [0.29, 0.717) is 17.3 Å². The van der Waals surface area contributed by atoms with Crippen LogP contribution < -0.4 is 10.5 Å². The third-order valence-electron chi connectivity index (χ3n) is 6.62. The van der Waals surface area contributed by atoms with Crippen molar-refractivity contribution in [1.82, 2.24) is 14.7 Å². The summed E-state index contributed by atoms with van der Waals surface area (Å²) in [4.78, 5) is 28.2. The van der Waals surface area contributed by atoms with E-state index in [9.17, 15) is 14.9 Å². The summed E-state index contributed by atoms with van der Waals surface area (Å²) in [6.45, 7) is 5.52. The predicted octanol–water partition coefficient (Wildman–Crippen LogP) is 4.06. The van der Waals surface area contributed by atoms with E-state index in [1.54, 1.807) is 12.3 Å². The molecule has 34 heavy (non-hydrogen) atoms. The van der Waals surface area contributed by atoms with Crippen LogP contribution in [-0.2, 0) is 6.54 Å². The maximum absolute atomic E-state index is 12.7. The van der Waals surface area contributed by atoms with E-state index in [-0.39, 0.29) is 11.2 Å². The van der Waals surface area contributed by atoms with Gasteiger partial charge >= 0.3 is 0 Å². The summed E-state index contributed by atoms with van der Waals surface area (Å²) >= 11 is 0. The van der Waals surface area contributed by atoms with Crippen molar-refractivity contribution in [1.29, 1.82) is 0 Å². The summed E-state index contributed by atoms with van der Waals surface area (Å²) in [5, 5.41) is 18.8. The Morgan fingerprint density at radius 3 is 2.44 bits per heavy atom. The summed E-state index contributed by atoms with van der Waals surface area (Å²) in [5.41, 5.74) is 0.953. The number of nitrogens with zero attached hydrogens (tertiary/aromatic N) is 5. The Balaban J connectivity index is 1.14. The number of aryl methyl sites for hydroxylation is 1. The molecule has 0 spiro atoms. The molecule has 0 aliphatic carbocycles. The molecule has 0 unspecified atom stereocenters. The molecule has 5 rings (SSSR count). The fourth-order valence-corrected chi connectivity index (χ4v) is 4.73. The highest BCUT2D eigenvalue weighted by molar-refractivity contribution is 5.94. The Labute approximate surface area is 197 Å². The van der Waals surface area contributed by atoms with E-state index in [1.165, 1.54) is 33.3 Å². The Hall–Kier alpha value is -3.78. The van der Waals surface area contributed by atoms with Gasteiger partial charge in [0.25, 0.3) is 11.2 Å². The molecular formula is C26H27N5O3. The predicted molar refractivity (Wildman–Crippen MR) is 134 cm³/mol. The number of rotatable bonds is 7. The number of anilines is 1. The lowest BCUT2D eigenvalue weighted by atomic mass is 10.1. The molecule has 174 valence electrons. The summed E-state index contributed by atoms with van der Waals surface area (Å²) in [5.74, 6) is 0. The minimum absolute atomic E-state index is 0.0787. The Morgan fingerprint density at radius 2 is 1.62 bits per heavy atom. The SMILES string of the molecule is O=c1c2cc([N+](=O)[O-])ccc2cnn1CCCCN1CCN(c2cccc3ccccc23)CC1. The zero-order valence-corrected chi connectivity index (χ0v) is 19.0. The van der Waals surface area contributed by atoms with Gasteiger partial charge in [-0.25, -0.2) is 4.68 Å². The van der Waals surface area contributed by atoms with Crippen LogP contribution in [0, 0.1) is 10.1 Å². The van der Waals surface area contributed by atoms with Crippen molar-refractivity contribution < 1.29 is 4.92 Å². The summed E-state index contributed by atoms with van der Waals surface area (Å²) in [6.07, 6.45) is 3.40. The second-order valence-corrected chi connectivity index (χ2v) is 8.74. The van der Waals surface area contributed by atoms with Crippen molar-refractivity contribution in [3.8, 4) is 0 Å². The fourth-order valence-electron chi connectivity index (χ4n) is 4.73. The third-order valence-corrected chi connectivity index (χ3v) is 6.62. The van der Waals surface area contributed by atoms with Crippen molar-refractivity contribution >= 4 is 32.9 Å². The molecule has 4 aromatic rings. The second-order valence-electron chi connectivity index (χ2n) is 8.74. The van der Waals surface area contributed by atoms with Gasteiger partial charge in [0.1, 0.15) is 0 Å². The third kappa shape index (κ3) is 4.49. The minimum Gasteiger partial charge on any atom is -0.368 e. The quantitative estimate of drug-likeness (QED) is 0.236. The molecule has 8 heteroatoms. The van der Waals surface area contributed by atoms with Gasteiger partial charge in [-0.15, -0.1) is 0 Å². The van der Waals surface area contributed by atoms with Gasteiger partial charge in [-0.05, 0) is 36.9 Å². The highest BCUT2D eigenvalue weighted by Gasteiger charge is 2.18. The van der Waals surface area contributed by atoms with E-state index >= 15 is 0 Å². The van der Waals surface area contributed by atoms with E-state index < -0.39 is 4.92 Å². The maximum atomic E-state index is 12.7. The van der Waals surface area contributed by atoms with Crippen molar-refractivity contribution in [3.63, 3.8) is 0 Å². The van der Waals surface area contributed by atoms with Gasteiger partial charge in [0.2, 0.25) is 0 Å². The fraction of sp³-hybridized carbons (Fsp3) is 0.308. The topological polar surface area (TPSA) is 84.5 Å². The standard InChI is InChI=1S/C26H27N5O3/c32-26-24-18-22(31(33)34)11-10-21(24)19-27-30(26)13-4-3-12-28-14-16-29(17-15-28)25-9-5-7-20-6-1-2-8-23(20)25/h1-2,5-11,18-19H,3-4,12-17H2. The van der Waals surface area contributed by atoms with E-state index in [1.807, 2.05) is 0 Å². The molecule has 2 heterocycles. The zero-order valence-electron chi connectivity index (χ0n) is 19.0. The van der Waals surface area contributed by atoms with Crippen molar-refractivity contribution in [2.45, 2.75) is 19.4 Å². The number of hydrogen-bond donors (Lipinski definition) is 0. The van der Waals surface area contributed by atoms with Crippen LogP contribution in [-0.4, -0.2) is 52.3 Å². The van der Waals surface area contributed by atoms with Gasteiger partial charge < -0.3 is 4.90 Å². The highest BCUT2D eigenvalue weighted by Crippen LogP contribution is 2.27. The molecule has 0 radical (unpaired) electrons. The summed E-state index contributed by atoms with van der Waals surface area (Å²) in [7, 11) is 0. The van der Waals surface area contributed by atoms with Gasteiger partial charge in [-0.2, -0.15) is 5.10 Å². The van der Waals surface area contributed by atoms with Crippen molar-refractivity contribution in [2.75, 3.05) is 37.6 Å². The molecule has 0 saturated carbocycles. The number of non-ortho nitro benzene ring substituents is 1. The molecule has 3 aromatic carbocycles. The van der Waals surface area contributed by atoms with E-state index in [2.05, 4.69) is 57.4 Å². The lowest BCUT2D eigenvalue weighted by molar-refractivity contribution is -0.384. The molecule has 0 bridgehead atoms. The van der Waals surface area contributed by atoms with Crippen molar-refractivity contribution in [3.05, 3.63) is 87.3 Å². The number of unbranched alkanes of at least 4 members (excludes halogenated alkanes) is 1. The molecule has 1 aliphatic rings. The van der Waals surface area contributed by atoms with Gasteiger partial charge in [-0.1, -0.05) is 36.4 Å². The first kappa shape index (κ1) is 22.0. The number of piperazine rings is 1. The maximum Gasteiger partial charge on any atom is 0.274 e. The second kappa shape index (κ2) is 9.61. The van der Waals surface area contributed by atoms with Crippen LogP contribution in [0.5, 0.6) is 0 Å². The van der Waals surface area contributed by atoms with E-state index in [0.717, 1.165) is 45.6 Å². The number of hydrogen-bond acceptors (Lipinski definition) is 6. The molecule has 0 atom stereocenters. The number of fused-ring (bicyclic) bond motifs is 2. The summed E-state index contributed by atoms with van der Waals surface area (Å²) < 4.78 is 1.42. The molecule has 8 nitrogen and oxygen atoms in total. The van der Waals surface area contributed by atoms with Crippen LogP contribution in [0.1, 0.15) is 12.8 Å². The van der Waals surface area contributed by atoms with Crippen LogP contribution in [0.25, 0.3) is 21.5 Å².